The van der Waals surface area contributed by atoms with Gasteiger partial charge in [0.1, 0.15) is 0 Å². The van der Waals surface area contributed by atoms with Crippen molar-refractivity contribution in [1.29, 1.82) is 0 Å². The third kappa shape index (κ3) is 10.9. The first-order valence-corrected chi connectivity index (χ1v) is 7.90. The molecule has 0 aliphatic rings. The van der Waals surface area contributed by atoms with Gasteiger partial charge in [-0.15, -0.1) is 0 Å². The fourth-order valence-corrected chi connectivity index (χ4v) is 3.15. The zero-order valence-electron chi connectivity index (χ0n) is 12.4. The van der Waals surface area contributed by atoms with Gasteiger partial charge in [0, 0.05) is 18.5 Å². The maximum absolute atomic E-state index is 11.8. The standard InChI is InChI=1S/C12H26N2O4S/c1-9(2)6-10(7-11(15)16)8-13-19(17,18)14-12(3,4)5/h9-10,13-14H,6-8H2,1-5H3,(H,15,16)/t10-/m0/s1. The van der Waals surface area contributed by atoms with Crippen LogP contribution in [0.5, 0.6) is 0 Å². The molecule has 0 saturated heterocycles. The normalized spacial score (nSPS) is 14.6. The lowest BCUT2D eigenvalue weighted by Gasteiger charge is -2.22. The van der Waals surface area contributed by atoms with Crippen LogP contribution in [0.3, 0.4) is 0 Å². The Balaban J connectivity index is 4.49. The first kappa shape index (κ1) is 18.3. The summed E-state index contributed by atoms with van der Waals surface area (Å²) in [6, 6.07) is 0. The molecule has 6 nitrogen and oxygen atoms in total. The zero-order chi connectivity index (χ0) is 15.3. The summed E-state index contributed by atoms with van der Waals surface area (Å²) in [4.78, 5) is 10.8. The summed E-state index contributed by atoms with van der Waals surface area (Å²) in [6.07, 6.45) is 0.639. The second kappa shape index (κ2) is 7.21. The Bertz CT molecular complexity index is 385. The second-order valence-electron chi connectivity index (χ2n) is 6.30. The molecule has 0 aromatic heterocycles. The van der Waals surface area contributed by atoms with Crippen LogP contribution in [0.15, 0.2) is 0 Å². The van der Waals surface area contributed by atoms with Gasteiger partial charge in [-0.1, -0.05) is 13.8 Å². The van der Waals surface area contributed by atoms with Gasteiger partial charge in [-0.25, -0.2) is 4.72 Å². The van der Waals surface area contributed by atoms with E-state index in [1.807, 2.05) is 13.8 Å². The number of carboxylic acid groups (broad SMARTS) is 1. The summed E-state index contributed by atoms with van der Waals surface area (Å²) in [5.74, 6) is -0.785. The van der Waals surface area contributed by atoms with Gasteiger partial charge < -0.3 is 5.11 Å². The van der Waals surface area contributed by atoms with Crippen molar-refractivity contribution in [3.8, 4) is 0 Å². The van der Waals surface area contributed by atoms with Gasteiger partial charge in [0.15, 0.2) is 0 Å². The topological polar surface area (TPSA) is 95.5 Å². The van der Waals surface area contributed by atoms with E-state index in [1.165, 1.54) is 0 Å². The molecule has 0 aliphatic carbocycles. The van der Waals surface area contributed by atoms with Crippen molar-refractivity contribution < 1.29 is 18.3 Å². The lowest BCUT2D eigenvalue weighted by molar-refractivity contribution is -0.138. The van der Waals surface area contributed by atoms with Crippen molar-refractivity contribution in [2.75, 3.05) is 6.54 Å². The van der Waals surface area contributed by atoms with E-state index in [9.17, 15) is 13.2 Å². The van der Waals surface area contributed by atoms with Crippen LogP contribution in [0.1, 0.15) is 47.5 Å². The quantitative estimate of drug-likeness (QED) is 0.629. The molecule has 0 rings (SSSR count). The number of carboxylic acids is 1. The summed E-state index contributed by atoms with van der Waals surface area (Å²) in [5, 5.41) is 8.82. The maximum atomic E-state index is 11.8. The van der Waals surface area contributed by atoms with Gasteiger partial charge in [0.2, 0.25) is 0 Å². The molecule has 0 aromatic carbocycles. The number of carbonyl (C=O) groups is 1. The van der Waals surface area contributed by atoms with Crippen LogP contribution in [0, 0.1) is 11.8 Å². The van der Waals surface area contributed by atoms with E-state index in [0.29, 0.717) is 12.3 Å². The summed E-state index contributed by atoms with van der Waals surface area (Å²) >= 11 is 0. The average molecular weight is 294 g/mol. The number of aliphatic carboxylic acids is 1. The molecule has 19 heavy (non-hydrogen) atoms. The van der Waals surface area contributed by atoms with Crippen molar-refractivity contribution in [3.63, 3.8) is 0 Å². The molecule has 3 N–H and O–H groups in total. The Morgan fingerprint density at radius 1 is 1.26 bits per heavy atom. The summed E-state index contributed by atoms with van der Waals surface area (Å²) in [6.45, 7) is 9.34. The highest BCUT2D eigenvalue weighted by molar-refractivity contribution is 7.87. The van der Waals surface area contributed by atoms with E-state index in [1.54, 1.807) is 20.8 Å². The SMILES string of the molecule is CC(C)C[C@H](CNS(=O)(=O)NC(C)(C)C)CC(=O)O. The fourth-order valence-electron chi connectivity index (χ4n) is 1.82. The van der Waals surface area contributed by atoms with Crippen LogP contribution in [0.25, 0.3) is 0 Å². The minimum absolute atomic E-state index is 0.0315. The molecule has 1 atom stereocenters. The van der Waals surface area contributed by atoms with Crippen molar-refractivity contribution in [2.24, 2.45) is 11.8 Å². The summed E-state index contributed by atoms with van der Waals surface area (Å²) in [5.41, 5.74) is -0.563. The lowest BCUT2D eigenvalue weighted by Crippen LogP contribution is -2.48. The van der Waals surface area contributed by atoms with E-state index < -0.39 is 21.7 Å². The summed E-state index contributed by atoms with van der Waals surface area (Å²) < 4.78 is 28.4. The van der Waals surface area contributed by atoms with Gasteiger partial charge in [0.25, 0.3) is 10.2 Å². The van der Waals surface area contributed by atoms with Crippen LogP contribution in [-0.2, 0) is 15.0 Å². The van der Waals surface area contributed by atoms with Gasteiger partial charge >= 0.3 is 5.97 Å². The molecule has 0 aromatic rings. The Labute approximate surface area is 116 Å². The Hall–Kier alpha value is -0.660. The van der Waals surface area contributed by atoms with E-state index in [-0.39, 0.29) is 18.9 Å². The number of nitrogens with one attached hydrogen (secondary N) is 2. The number of hydrogen-bond donors (Lipinski definition) is 3. The van der Waals surface area contributed by atoms with Crippen molar-refractivity contribution in [1.82, 2.24) is 9.44 Å². The molecular weight excluding hydrogens is 268 g/mol. The smallest absolute Gasteiger partial charge is 0.303 e. The van der Waals surface area contributed by atoms with Gasteiger partial charge in [-0.05, 0) is 39.0 Å². The summed E-state index contributed by atoms with van der Waals surface area (Å²) in [7, 11) is -3.60. The molecule has 114 valence electrons. The Morgan fingerprint density at radius 2 is 1.79 bits per heavy atom. The predicted octanol–water partition coefficient (Wildman–Crippen LogP) is 1.35. The first-order valence-electron chi connectivity index (χ1n) is 6.41. The van der Waals surface area contributed by atoms with Gasteiger partial charge in [-0.3, -0.25) is 4.79 Å². The third-order valence-corrected chi connectivity index (χ3v) is 3.70. The highest BCUT2D eigenvalue weighted by Crippen LogP contribution is 2.15. The van der Waals surface area contributed by atoms with E-state index in [4.69, 9.17) is 5.11 Å². The van der Waals surface area contributed by atoms with Crippen molar-refractivity contribution in [3.05, 3.63) is 0 Å². The van der Waals surface area contributed by atoms with Crippen LogP contribution in [0.2, 0.25) is 0 Å². The Morgan fingerprint density at radius 3 is 2.16 bits per heavy atom. The molecule has 0 aliphatic heterocycles. The minimum Gasteiger partial charge on any atom is -0.481 e. The Kier molecular flexibility index (Phi) is 6.96. The van der Waals surface area contributed by atoms with Gasteiger partial charge in [0.05, 0.1) is 0 Å². The van der Waals surface area contributed by atoms with E-state index >= 15 is 0 Å². The fraction of sp³-hybridized carbons (Fsp3) is 0.917. The molecule has 7 heteroatoms. The predicted molar refractivity (Wildman–Crippen MR) is 75.0 cm³/mol. The molecular formula is C12H26N2O4S. The molecule has 0 spiro atoms. The third-order valence-electron chi connectivity index (χ3n) is 2.27. The first-order chi connectivity index (χ1) is 8.41. The molecule has 0 unspecified atom stereocenters. The van der Waals surface area contributed by atoms with Crippen LogP contribution in [0.4, 0.5) is 0 Å². The largest absolute Gasteiger partial charge is 0.481 e. The highest BCUT2D eigenvalue weighted by atomic mass is 32.2. The number of hydrogen-bond acceptors (Lipinski definition) is 3. The van der Waals surface area contributed by atoms with Crippen LogP contribution < -0.4 is 9.44 Å². The van der Waals surface area contributed by atoms with Crippen molar-refractivity contribution >= 4 is 16.2 Å². The molecule has 0 bridgehead atoms. The van der Waals surface area contributed by atoms with E-state index in [2.05, 4.69) is 9.44 Å². The number of rotatable bonds is 8. The monoisotopic (exact) mass is 294 g/mol. The highest BCUT2D eigenvalue weighted by Gasteiger charge is 2.22. The molecule has 0 fully saturated rings. The van der Waals surface area contributed by atoms with Crippen LogP contribution >= 0.6 is 0 Å². The average Bonchev–Trinajstić information content (AvgIpc) is 2.08. The lowest BCUT2D eigenvalue weighted by atomic mass is 9.94. The molecule has 0 saturated carbocycles. The van der Waals surface area contributed by atoms with E-state index in [0.717, 1.165) is 0 Å². The molecule has 0 amide bonds. The second-order valence-corrected chi connectivity index (χ2v) is 7.80. The minimum atomic E-state index is -3.60. The molecule has 0 heterocycles. The zero-order valence-corrected chi connectivity index (χ0v) is 13.2. The molecule has 0 radical (unpaired) electrons. The van der Waals surface area contributed by atoms with Crippen LogP contribution in [-0.4, -0.2) is 31.6 Å². The maximum Gasteiger partial charge on any atom is 0.303 e. The van der Waals surface area contributed by atoms with Gasteiger partial charge in [-0.2, -0.15) is 13.1 Å². The van der Waals surface area contributed by atoms with Crippen molar-refractivity contribution in [2.45, 2.75) is 53.0 Å².